The summed E-state index contributed by atoms with van der Waals surface area (Å²) in [6.45, 7) is 4.24. The van der Waals surface area contributed by atoms with Crippen molar-refractivity contribution in [3.05, 3.63) is 71.5 Å². The molecule has 0 radical (unpaired) electrons. The molecule has 0 aliphatic carbocycles. The molecule has 1 aliphatic heterocycles. The summed E-state index contributed by atoms with van der Waals surface area (Å²) in [4.78, 5) is 18.8. The first-order valence-corrected chi connectivity index (χ1v) is 9.54. The molecule has 3 aromatic rings. The number of nitrogens with zero attached hydrogens (tertiary/aromatic N) is 3. The lowest BCUT2D eigenvalue weighted by Gasteiger charge is -2.34. The molecule has 0 spiro atoms. The van der Waals surface area contributed by atoms with Crippen LogP contribution in [0.3, 0.4) is 0 Å². The van der Waals surface area contributed by atoms with Gasteiger partial charge in [0.25, 0.3) is 5.89 Å². The van der Waals surface area contributed by atoms with E-state index in [1.165, 1.54) is 12.1 Å². The number of carbonyl (C=O) groups is 1. The molecular formula is C22H21FN4O3. The van der Waals surface area contributed by atoms with Crippen LogP contribution >= 0.6 is 0 Å². The number of hydrogen-bond acceptors (Lipinski definition) is 5. The van der Waals surface area contributed by atoms with Crippen LogP contribution in [0.5, 0.6) is 5.75 Å². The van der Waals surface area contributed by atoms with Gasteiger partial charge in [0, 0.05) is 17.8 Å². The Kier molecular flexibility index (Phi) is 5.22. The van der Waals surface area contributed by atoms with Crippen LogP contribution in [0.1, 0.15) is 31.3 Å². The third-order valence-corrected chi connectivity index (χ3v) is 5.10. The van der Waals surface area contributed by atoms with Crippen molar-refractivity contribution in [1.29, 1.82) is 0 Å². The van der Waals surface area contributed by atoms with E-state index in [0.29, 0.717) is 29.3 Å². The molecule has 2 aromatic carbocycles. The number of halogens is 1. The highest BCUT2D eigenvalue weighted by molar-refractivity contribution is 5.86. The van der Waals surface area contributed by atoms with Crippen molar-refractivity contribution in [2.45, 2.75) is 19.9 Å². The minimum atomic E-state index is -0.489. The van der Waals surface area contributed by atoms with Crippen molar-refractivity contribution in [2.75, 3.05) is 13.7 Å². The monoisotopic (exact) mass is 408 g/mol. The molecule has 30 heavy (non-hydrogen) atoms. The summed E-state index contributed by atoms with van der Waals surface area (Å²) in [5, 5.41) is 7.08. The van der Waals surface area contributed by atoms with E-state index in [-0.39, 0.29) is 17.7 Å². The van der Waals surface area contributed by atoms with Gasteiger partial charge in [-0.1, -0.05) is 17.3 Å². The number of ether oxygens (including phenoxy) is 1. The van der Waals surface area contributed by atoms with Crippen LogP contribution in [0, 0.1) is 5.82 Å². The van der Waals surface area contributed by atoms with Crippen LogP contribution in [0.4, 0.5) is 9.18 Å². The zero-order chi connectivity index (χ0) is 21.3. The molecule has 154 valence electrons. The fourth-order valence-electron chi connectivity index (χ4n) is 3.56. The fourth-order valence-corrected chi connectivity index (χ4v) is 3.56. The number of nitrogens with one attached hydrogen (secondary N) is 1. The first-order chi connectivity index (χ1) is 14.5. The van der Waals surface area contributed by atoms with Gasteiger partial charge in [-0.05, 0) is 55.8 Å². The molecule has 0 fully saturated rings. The molecule has 2 amide bonds. The Balaban J connectivity index is 1.81. The highest BCUT2D eigenvalue weighted by Crippen LogP contribution is 2.38. The van der Waals surface area contributed by atoms with Crippen molar-refractivity contribution in [3.63, 3.8) is 0 Å². The summed E-state index contributed by atoms with van der Waals surface area (Å²) in [7, 11) is 1.59. The Bertz CT molecular complexity index is 1110. The highest BCUT2D eigenvalue weighted by Gasteiger charge is 2.35. The number of benzene rings is 2. The molecule has 0 saturated heterocycles. The summed E-state index contributed by atoms with van der Waals surface area (Å²) in [5.41, 5.74) is 2.89. The molecule has 1 atom stereocenters. The number of carbonyl (C=O) groups excluding carboxylic acids is 1. The molecule has 1 aromatic heterocycles. The van der Waals surface area contributed by atoms with Crippen LogP contribution in [0.2, 0.25) is 0 Å². The van der Waals surface area contributed by atoms with Crippen LogP contribution < -0.4 is 10.1 Å². The summed E-state index contributed by atoms with van der Waals surface area (Å²) in [5.74, 6) is 0.967. The summed E-state index contributed by atoms with van der Waals surface area (Å²) in [6, 6.07) is 12.6. The molecule has 0 bridgehead atoms. The minimum Gasteiger partial charge on any atom is -0.497 e. The zero-order valence-corrected chi connectivity index (χ0v) is 16.8. The lowest BCUT2D eigenvalue weighted by Crippen LogP contribution is -2.45. The number of urea groups is 1. The van der Waals surface area contributed by atoms with E-state index in [1.54, 1.807) is 24.1 Å². The predicted octanol–water partition coefficient (Wildman–Crippen LogP) is 4.40. The summed E-state index contributed by atoms with van der Waals surface area (Å²) >= 11 is 0. The fraction of sp³-hybridized carbons (Fsp3) is 0.227. The highest BCUT2D eigenvalue weighted by atomic mass is 19.1. The van der Waals surface area contributed by atoms with Crippen molar-refractivity contribution < 1.29 is 18.4 Å². The van der Waals surface area contributed by atoms with E-state index in [1.807, 2.05) is 38.1 Å². The Morgan fingerprint density at radius 3 is 2.70 bits per heavy atom. The predicted molar refractivity (Wildman–Crippen MR) is 109 cm³/mol. The summed E-state index contributed by atoms with van der Waals surface area (Å²) < 4.78 is 24.1. The molecule has 1 N–H and O–H groups in total. The third-order valence-electron chi connectivity index (χ3n) is 5.10. The average molecular weight is 408 g/mol. The van der Waals surface area contributed by atoms with Crippen molar-refractivity contribution in [3.8, 4) is 17.1 Å². The lowest BCUT2D eigenvalue weighted by molar-refractivity contribution is 0.207. The largest absolute Gasteiger partial charge is 0.497 e. The van der Waals surface area contributed by atoms with Gasteiger partial charge >= 0.3 is 6.03 Å². The van der Waals surface area contributed by atoms with Crippen LogP contribution in [-0.2, 0) is 0 Å². The molecule has 0 saturated carbocycles. The smallest absolute Gasteiger partial charge is 0.322 e. The van der Waals surface area contributed by atoms with Gasteiger partial charge in [0.2, 0.25) is 5.82 Å². The second kappa shape index (κ2) is 7.98. The Morgan fingerprint density at radius 1 is 1.23 bits per heavy atom. The van der Waals surface area contributed by atoms with E-state index in [0.717, 1.165) is 11.3 Å². The number of amides is 2. The summed E-state index contributed by atoms with van der Waals surface area (Å²) in [6.07, 6.45) is 0. The van der Waals surface area contributed by atoms with Crippen LogP contribution in [0.15, 0.2) is 58.8 Å². The van der Waals surface area contributed by atoms with Gasteiger partial charge in [-0.3, -0.25) is 4.90 Å². The quantitative estimate of drug-likeness (QED) is 0.677. The van der Waals surface area contributed by atoms with Gasteiger partial charge in [0.15, 0.2) is 0 Å². The van der Waals surface area contributed by atoms with Gasteiger partial charge in [-0.15, -0.1) is 0 Å². The Morgan fingerprint density at radius 2 is 2.00 bits per heavy atom. The first-order valence-electron chi connectivity index (χ1n) is 9.54. The molecule has 1 aliphatic rings. The van der Waals surface area contributed by atoms with E-state index in [2.05, 4.69) is 15.5 Å². The molecular weight excluding hydrogens is 387 g/mol. The van der Waals surface area contributed by atoms with Gasteiger partial charge < -0.3 is 14.6 Å². The van der Waals surface area contributed by atoms with E-state index < -0.39 is 6.04 Å². The van der Waals surface area contributed by atoms with E-state index in [4.69, 9.17) is 9.26 Å². The van der Waals surface area contributed by atoms with Gasteiger partial charge in [-0.2, -0.15) is 4.98 Å². The van der Waals surface area contributed by atoms with Crippen molar-refractivity contribution >= 4 is 11.6 Å². The van der Waals surface area contributed by atoms with Gasteiger partial charge in [0.05, 0.1) is 18.7 Å². The second-order valence-electron chi connectivity index (χ2n) is 6.83. The van der Waals surface area contributed by atoms with Gasteiger partial charge in [-0.25, -0.2) is 9.18 Å². The minimum absolute atomic E-state index is 0.204. The molecule has 8 heteroatoms. The maximum absolute atomic E-state index is 13.2. The standard InChI is InChI=1S/C22H21FN4O3/c1-4-27-13(2)18(19(24-22(27)28)15-6-5-7-17(12-15)29-3)21-25-20(26-30-21)14-8-10-16(23)11-9-14/h5-12,19H,4H2,1-3H3,(H,24,28). The molecule has 4 rings (SSSR count). The Labute approximate surface area is 173 Å². The normalized spacial score (nSPS) is 16.6. The number of rotatable bonds is 5. The molecule has 2 heterocycles. The van der Waals surface area contributed by atoms with Crippen molar-refractivity contribution in [2.24, 2.45) is 0 Å². The van der Waals surface area contributed by atoms with Gasteiger partial charge in [0.1, 0.15) is 11.6 Å². The first kappa shape index (κ1) is 19.6. The Hall–Kier alpha value is -3.68. The second-order valence-corrected chi connectivity index (χ2v) is 6.83. The number of hydrogen-bond donors (Lipinski definition) is 1. The molecule has 7 nitrogen and oxygen atoms in total. The SMILES string of the molecule is CCN1C(=O)NC(c2cccc(OC)c2)C(c2nc(-c3ccc(F)cc3)no2)=C1C. The third kappa shape index (κ3) is 3.52. The van der Waals surface area contributed by atoms with E-state index >= 15 is 0 Å². The molecule has 1 unspecified atom stereocenters. The van der Waals surface area contributed by atoms with Crippen LogP contribution in [-0.4, -0.2) is 34.7 Å². The van der Waals surface area contributed by atoms with E-state index in [9.17, 15) is 9.18 Å². The van der Waals surface area contributed by atoms with Crippen LogP contribution in [0.25, 0.3) is 17.0 Å². The zero-order valence-electron chi connectivity index (χ0n) is 16.8. The maximum atomic E-state index is 13.2. The number of allylic oxidation sites excluding steroid dienone is 1. The topological polar surface area (TPSA) is 80.5 Å². The average Bonchev–Trinajstić information content (AvgIpc) is 3.24. The number of aromatic nitrogens is 2. The maximum Gasteiger partial charge on any atom is 0.322 e. The number of methoxy groups -OCH3 is 1. The lowest BCUT2D eigenvalue weighted by atomic mass is 9.94. The van der Waals surface area contributed by atoms with Crippen molar-refractivity contribution in [1.82, 2.24) is 20.4 Å².